The summed E-state index contributed by atoms with van der Waals surface area (Å²) in [6.07, 6.45) is 0. The van der Waals surface area contributed by atoms with E-state index in [1.54, 1.807) is 0 Å². The van der Waals surface area contributed by atoms with E-state index in [4.69, 9.17) is 5.73 Å². The van der Waals surface area contributed by atoms with Crippen LogP contribution in [0, 0.1) is 0 Å². The molecular formula is C13H19BrN2. The van der Waals surface area contributed by atoms with Crippen molar-refractivity contribution in [3.63, 3.8) is 0 Å². The molecule has 0 amide bonds. The molecule has 0 aliphatic carbocycles. The number of halogens is 1. The van der Waals surface area contributed by atoms with Gasteiger partial charge in [-0.05, 0) is 47.5 Å². The van der Waals surface area contributed by atoms with Crippen LogP contribution >= 0.6 is 15.9 Å². The lowest BCUT2D eigenvalue weighted by atomic mass is 10.1. The summed E-state index contributed by atoms with van der Waals surface area (Å²) in [5, 5.41) is 0. The molecule has 0 bridgehead atoms. The molecule has 1 aromatic carbocycles. The fraction of sp³-hybridized carbons (Fsp3) is 0.385. The van der Waals surface area contributed by atoms with E-state index < -0.39 is 0 Å². The normalized spacial score (nSPS) is 12.3. The second kappa shape index (κ2) is 5.51. The molecule has 88 valence electrons. The zero-order valence-electron chi connectivity index (χ0n) is 10.1. The highest BCUT2D eigenvalue weighted by Crippen LogP contribution is 2.28. The van der Waals surface area contributed by atoms with Crippen LogP contribution in [-0.4, -0.2) is 13.6 Å². The number of hydrogen-bond donors (Lipinski definition) is 1. The maximum Gasteiger partial charge on any atom is 0.0511 e. The van der Waals surface area contributed by atoms with E-state index in [1.807, 2.05) is 13.8 Å². The second-order valence-corrected chi connectivity index (χ2v) is 5.17. The highest BCUT2D eigenvalue weighted by atomic mass is 79.9. The van der Waals surface area contributed by atoms with Crippen molar-refractivity contribution >= 4 is 21.6 Å². The van der Waals surface area contributed by atoms with Crippen molar-refractivity contribution in [1.29, 1.82) is 0 Å². The summed E-state index contributed by atoms with van der Waals surface area (Å²) >= 11 is 3.58. The van der Waals surface area contributed by atoms with Crippen LogP contribution in [0.2, 0.25) is 0 Å². The van der Waals surface area contributed by atoms with E-state index in [0.29, 0.717) is 0 Å². The van der Waals surface area contributed by atoms with Gasteiger partial charge in [0.25, 0.3) is 0 Å². The Morgan fingerprint density at radius 2 is 2.19 bits per heavy atom. The molecule has 0 fully saturated rings. The standard InChI is InChI=1S/C13H19BrN2/c1-9(2)8-16(4)13-6-5-11(10(3)15)7-12(13)14/h5-7,10H,1,8,15H2,2-4H3/t10-/m1/s1. The Kier molecular flexibility index (Phi) is 4.56. The minimum absolute atomic E-state index is 0.0665. The smallest absolute Gasteiger partial charge is 0.0511 e. The Morgan fingerprint density at radius 3 is 2.62 bits per heavy atom. The third-order valence-corrected chi connectivity index (χ3v) is 3.05. The minimum atomic E-state index is 0.0665. The van der Waals surface area contributed by atoms with Gasteiger partial charge in [-0.15, -0.1) is 0 Å². The van der Waals surface area contributed by atoms with Crippen LogP contribution in [0.4, 0.5) is 5.69 Å². The van der Waals surface area contributed by atoms with Gasteiger partial charge >= 0.3 is 0 Å². The molecule has 1 atom stereocenters. The molecule has 1 aromatic rings. The Morgan fingerprint density at radius 1 is 1.56 bits per heavy atom. The molecule has 0 saturated heterocycles. The Hall–Kier alpha value is -0.800. The van der Waals surface area contributed by atoms with Crippen molar-refractivity contribution in [3.8, 4) is 0 Å². The predicted molar refractivity (Wildman–Crippen MR) is 74.8 cm³/mol. The molecule has 0 saturated carbocycles. The average molecular weight is 283 g/mol. The number of hydrogen-bond acceptors (Lipinski definition) is 2. The first-order valence-electron chi connectivity index (χ1n) is 5.32. The first kappa shape index (κ1) is 13.3. The van der Waals surface area contributed by atoms with Crippen molar-refractivity contribution in [3.05, 3.63) is 40.4 Å². The summed E-state index contributed by atoms with van der Waals surface area (Å²) in [6, 6.07) is 6.30. The van der Waals surface area contributed by atoms with Crippen LogP contribution in [0.1, 0.15) is 25.5 Å². The van der Waals surface area contributed by atoms with Crippen molar-refractivity contribution in [2.75, 3.05) is 18.5 Å². The summed E-state index contributed by atoms with van der Waals surface area (Å²) in [5.74, 6) is 0. The lowest BCUT2D eigenvalue weighted by Gasteiger charge is -2.21. The van der Waals surface area contributed by atoms with Crippen LogP contribution < -0.4 is 10.6 Å². The molecule has 0 spiro atoms. The van der Waals surface area contributed by atoms with E-state index in [1.165, 1.54) is 0 Å². The van der Waals surface area contributed by atoms with Gasteiger partial charge in [0.1, 0.15) is 0 Å². The summed E-state index contributed by atoms with van der Waals surface area (Å²) in [7, 11) is 2.06. The Bertz CT molecular complexity index is 386. The average Bonchev–Trinajstić information content (AvgIpc) is 2.15. The number of nitrogens with zero attached hydrogens (tertiary/aromatic N) is 1. The maximum absolute atomic E-state index is 5.84. The second-order valence-electron chi connectivity index (χ2n) is 4.31. The zero-order chi connectivity index (χ0) is 12.3. The number of benzene rings is 1. The molecule has 2 nitrogen and oxygen atoms in total. The van der Waals surface area contributed by atoms with E-state index >= 15 is 0 Å². The van der Waals surface area contributed by atoms with Gasteiger partial charge in [-0.25, -0.2) is 0 Å². The van der Waals surface area contributed by atoms with Gasteiger partial charge < -0.3 is 10.6 Å². The van der Waals surface area contributed by atoms with Gasteiger partial charge in [0.05, 0.1) is 5.69 Å². The van der Waals surface area contributed by atoms with Gasteiger partial charge in [-0.3, -0.25) is 0 Å². The van der Waals surface area contributed by atoms with Crippen LogP contribution in [0.5, 0.6) is 0 Å². The van der Waals surface area contributed by atoms with Gasteiger partial charge in [0.2, 0.25) is 0 Å². The number of nitrogens with two attached hydrogens (primary N) is 1. The van der Waals surface area contributed by atoms with Crippen LogP contribution in [0.15, 0.2) is 34.8 Å². The van der Waals surface area contributed by atoms with Gasteiger partial charge in [0.15, 0.2) is 0 Å². The molecule has 2 N–H and O–H groups in total. The van der Waals surface area contributed by atoms with Gasteiger partial charge in [0, 0.05) is 24.1 Å². The Balaban J connectivity index is 2.94. The SMILES string of the molecule is C=C(C)CN(C)c1ccc([C@@H](C)N)cc1Br. The molecule has 0 unspecified atom stereocenters. The van der Waals surface area contributed by atoms with E-state index in [9.17, 15) is 0 Å². The lowest BCUT2D eigenvalue weighted by Crippen LogP contribution is -2.19. The van der Waals surface area contributed by atoms with Crippen LogP contribution in [0.3, 0.4) is 0 Å². The quantitative estimate of drug-likeness (QED) is 0.857. The largest absolute Gasteiger partial charge is 0.370 e. The lowest BCUT2D eigenvalue weighted by molar-refractivity contribution is 0.816. The molecule has 1 rings (SSSR count). The summed E-state index contributed by atoms with van der Waals surface area (Å²) in [5.41, 5.74) is 9.28. The van der Waals surface area contributed by atoms with Gasteiger partial charge in [-0.2, -0.15) is 0 Å². The topological polar surface area (TPSA) is 29.3 Å². The molecule has 0 aromatic heterocycles. The maximum atomic E-state index is 5.84. The fourth-order valence-corrected chi connectivity index (χ4v) is 2.31. The van der Waals surface area contributed by atoms with Crippen molar-refractivity contribution in [2.24, 2.45) is 5.73 Å². The number of likely N-dealkylation sites (N-methyl/N-ethyl adjacent to an activating group) is 1. The van der Waals surface area contributed by atoms with Gasteiger partial charge in [-0.1, -0.05) is 18.2 Å². The summed E-state index contributed by atoms with van der Waals surface area (Å²) in [4.78, 5) is 2.16. The fourth-order valence-electron chi connectivity index (χ4n) is 1.61. The highest BCUT2D eigenvalue weighted by molar-refractivity contribution is 9.10. The molecule has 0 aliphatic heterocycles. The van der Waals surface area contributed by atoms with Crippen molar-refractivity contribution in [2.45, 2.75) is 19.9 Å². The monoisotopic (exact) mass is 282 g/mol. The molecule has 0 aliphatic rings. The first-order chi connectivity index (χ1) is 7.41. The van der Waals surface area contributed by atoms with Crippen molar-refractivity contribution < 1.29 is 0 Å². The number of anilines is 1. The first-order valence-corrected chi connectivity index (χ1v) is 6.11. The molecule has 0 heterocycles. The minimum Gasteiger partial charge on any atom is -0.370 e. The Labute approximate surface area is 106 Å². The predicted octanol–water partition coefficient (Wildman–Crippen LogP) is 3.48. The zero-order valence-corrected chi connectivity index (χ0v) is 11.7. The van der Waals surface area contributed by atoms with Crippen LogP contribution in [0.25, 0.3) is 0 Å². The molecular weight excluding hydrogens is 264 g/mol. The number of rotatable bonds is 4. The third-order valence-electron chi connectivity index (χ3n) is 2.42. The van der Waals surface area contributed by atoms with Crippen molar-refractivity contribution in [1.82, 2.24) is 0 Å². The molecule has 0 radical (unpaired) electrons. The van der Waals surface area contributed by atoms with Crippen LogP contribution in [-0.2, 0) is 0 Å². The third kappa shape index (κ3) is 3.35. The van der Waals surface area contributed by atoms with E-state index in [-0.39, 0.29) is 6.04 Å². The summed E-state index contributed by atoms with van der Waals surface area (Å²) < 4.78 is 1.08. The molecule has 3 heteroatoms. The van der Waals surface area contributed by atoms with E-state index in [0.717, 1.165) is 27.8 Å². The molecule has 16 heavy (non-hydrogen) atoms. The summed E-state index contributed by atoms with van der Waals surface area (Å²) in [6.45, 7) is 8.79. The van der Waals surface area contributed by atoms with E-state index in [2.05, 4.69) is 52.7 Å². The highest BCUT2D eigenvalue weighted by Gasteiger charge is 2.08.